The first kappa shape index (κ1) is 16.3. The third kappa shape index (κ3) is 4.70. The fourth-order valence-electron chi connectivity index (χ4n) is 3.36. The largest absolute Gasteiger partial charge is 0.481 e. The molecule has 2 rings (SSSR count). The Morgan fingerprint density at radius 1 is 1.10 bits per heavy atom. The van der Waals surface area contributed by atoms with Crippen LogP contribution in [0.2, 0.25) is 0 Å². The van der Waals surface area contributed by atoms with Crippen LogP contribution in [0.3, 0.4) is 0 Å². The molecule has 1 saturated carbocycles. The molecule has 2 atom stereocenters. The molecule has 0 unspecified atom stereocenters. The minimum absolute atomic E-state index is 0.0507. The normalized spacial score (nSPS) is 26.1. The van der Waals surface area contributed by atoms with E-state index in [0.29, 0.717) is 19.5 Å². The van der Waals surface area contributed by atoms with Gasteiger partial charge in [0.05, 0.1) is 12.0 Å². The molecule has 1 saturated heterocycles. The highest BCUT2D eigenvalue weighted by molar-refractivity contribution is 5.81. The molecule has 0 aromatic carbocycles. The van der Waals surface area contributed by atoms with Crippen molar-refractivity contribution in [3.63, 3.8) is 0 Å². The van der Waals surface area contributed by atoms with Crippen molar-refractivity contribution in [1.29, 1.82) is 0 Å². The molecule has 1 heterocycles. The summed E-state index contributed by atoms with van der Waals surface area (Å²) in [5.74, 6) is -1.28. The molecule has 1 aliphatic heterocycles. The lowest BCUT2D eigenvalue weighted by molar-refractivity contribution is -0.152. The molecule has 2 fully saturated rings. The summed E-state index contributed by atoms with van der Waals surface area (Å²) in [5.41, 5.74) is 0. The smallest absolute Gasteiger partial charge is 0.308 e. The predicted molar refractivity (Wildman–Crippen MR) is 79.0 cm³/mol. The van der Waals surface area contributed by atoms with Crippen LogP contribution in [0.25, 0.3) is 0 Å². The molecule has 1 amide bonds. The van der Waals surface area contributed by atoms with Crippen molar-refractivity contribution in [3.8, 4) is 0 Å². The lowest BCUT2D eigenvalue weighted by Gasteiger charge is -2.33. The van der Waals surface area contributed by atoms with E-state index in [1.165, 1.54) is 25.7 Å². The zero-order valence-corrected chi connectivity index (χ0v) is 12.9. The first-order chi connectivity index (χ1) is 10.1. The van der Waals surface area contributed by atoms with E-state index in [1.54, 1.807) is 11.8 Å². The predicted octanol–water partition coefficient (Wildman–Crippen LogP) is 2.44. The van der Waals surface area contributed by atoms with Gasteiger partial charge in [-0.15, -0.1) is 0 Å². The molecule has 1 aliphatic carbocycles. The summed E-state index contributed by atoms with van der Waals surface area (Å²) in [6.45, 7) is 2.78. The highest BCUT2D eigenvalue weighted by Gasteiger charge is 2.31. The van der Waals surface area contributed by atoms with Crippen molar-refractivity contribution in [3.05, 3.63) is 0 Å². The van der Waals surface area contributed by atoms with Crippen LogP contribution >= 0.6 is 0 Å². The van der Waals surface area contributed by atoms with E-state index in [2.05, 4.69) is 0 Å². The van der Waals surface area contributed by atoms with Gasteiger partial charge in [0, 0.05) is 13.1 Å². The van der Waals surface area contributed by atoms with Crippen LogP contribution in [-0.2, 0) is 14.3 Å². The summed E-state index contributed by atoms with van der Waals surface area (Å²) in [4.78, 5) is 25.2. The van der Waals surface area contributed by atoms with Gasteiger partial charge in [0.1, 0.15) is 6.10 Å². The number of hydrogen-bond donors (Lipinski definition) is 1. The SMILES string of the molecule is C[C@H](OC1CCCCCC1)C(=O)N1CCC[C@H](C(=O)O)C1. The van der Waals surface area contributed by atoms with Crippen LogP contribution in [-0.4, -0.2) is 47.2 Å². The number of nitrogens with zero attached hydrogens (tertiary/aromatic N) is 1. The van der Waals surface area contributed by atoms with Crippen LogP contribution in [0.1, 0.15) is 58.3 Å². The summed E-state index contributed by atoms with van der Waals surface area (Å²) < 4.78 is 5.94. The molecule has 2 aliphatic rings. The summed E-state index contributed by atoms with van der Waals surface area (Å²) in [6.07, 6.45) is 8.10. The van der Waals surface area contributed by atoms with Crippen molar-refractivity contribution in [2.45, 2.75) is 70.5 Å². The zero-order valence-electron chi connectivity index (χ0n) is 12.9. The molecule has 21 heavy (non-hydrogen) atoms. The van der Waals surface area contributed by atoms with Gasteiger partial charge in [0.2, 0.25) is 0 Å². The zero-order chi connectivity index (χ0) is 15.2. The molecule has 120 valence electrons. The summed E-state index contributed by atoms with van der Waals surface area (Å²) in [7, 11) is 0. The molecule has 0 spiro atoms. The number of carboxylic acids is 1. The molecular formula is C16H27NO4. The van der Waals surface area contributed by atoms with Gasteiger partial charge in [-0.2, -0.15) is 0 Å². The average molecular weight is 297 g/mol. The number of amides is 1. The lowest BCUT2D eigenvalue weighted by atomic mass is 9.98. The third-order valence-corrected chi connectivity index (χ3v) is 4.63. The maximum absolute atomic E-state index is 12.4. The van der Waals surface area contributed by atoms with Gasteiger partial charge < -0.3 is 14.7 Å². The number of hydrogen-bond acceptors (Lipinski definition) is 3. The Morgan fingerprint density at radius 2 is 1.76 bits per heavy atom. The number of carboxylic acid groups (broad SMARTS) is 1. The molecule has 0 aromatic heterocycles. The van der Waals surface area contributed by atoms with Crippen molar-refractivity contribution in [1.82, 2.24) is 4.90 Å². The van der Waals surface area contributed by atoms with Gasteiger partial charge in [-0.25, -0.2) is 0 Å². The number of carbonyl (C=O) groups is 2. The summed E-state index contributed by atoms with van der Waals surface area (Å²) in [5, 5.41) is 9.10. The first-order valence-corrected chi connectivity index (χ1v) is 8.25. The Kier molecular flexibility index (Phi) is 6.03. The van der Waals surface area contributed by atoms with E-state index in [4.69, 9.17) is 9.84 Å². The summed E-state index contributed by atoms with van der Waals surface area (Å²) >= 11 is 0. The Bertz CT molecular complexity index is 363. The highest BCUT2D eigenvalue weighted by atomic mass is 16.5. The minimum atomic E-state index is -0.801. The molecule has 0 radical (unpaired) electrons. The van der Waals surface area contributed by atoms with Crippen LogP contribution in [0.15, 0.2) is 0 Å². The Balaban J connectivity index is 1.84. The van der Waals surface area contributed by atoms with Gasteiger partial charge in [0.25, 0.3) is 5.91 Å². The van der Waals surface area contributed by atoms with Crippen LogP contribution in [0.5, 0.6) is 0 Å². The fourth-order valence-corrected chi connectivity index (χ4v) is 3.36. The molecular weight excluding hydrogens is 270 g/mol. The number of piperidine rings is 1. The second kappa shape index (κ2) is 7.78. The standard InChI is InChI=1S/C16H27NO4/c1-12(21-14-8-4-2-3-5-9-14)15(18)17-10-6-7-13(11-17)16(19)20/h12-14H,2-11H2,1H3,(H,19,20)/t12-,13-/m0/s1. The van der Waals surface area contributed by atoms with Crippen LogP contribution in [0.4, 0.5) is 0 Å². The number of ether oxygens (including phenoxy) is 1. The maximum Gasteiger partial charge on any atom is 0.308 e. The molecule has 5 heteroatoms. The summed E-state index contributed by atoms with van der Waals surface area (Å²) in [6, 6.07) is 0. The van der Waals surface area contributed by atoms with Crippen LogP contribution < -0.4 is 0 Å². The minimum Gasteiger partial charge on any atom is -0.481 e. The van der Waals surface area contributed by atoms with Gasteiger partial charge in [0.15, 0.2) is 0 Å². The fraction of sp³-hybridized carbons (Fsp3) is 0.875. The number of carbonyl (C=O) groups excluding carboxylic acids is 1. The van der Waals surface area contributed by atoms with E-state index in [1.807, 2.05) is 0 Å². The molecule has 1 N–H and O–H groups in total. The maximum atomic E-state index is 12.4. The molecule has 0 aromatic rings. The number of aliphatic carboxylic acids is 1. The van der Waals surface area contributed by atoms with Crippen molar-refractivity contribution in [2.24, 2.45) is 5.92 Å². The second-order valence-electron chi connectivity index (χ2n) is 6.35. The molecule has 5 nitrogen and oxygen atoms in total. The third-order valence-electron chi connectivity index (χ3n) is 4.63. The van der Waals surface area contributed by atoms with E-state index in [-0.39, 0.29) is 12.0 Å². The van der Waals surface area contributed by atoms with Crippen molar-refractivity contribution in [2.75, 3.05) is 13.1 Å². The highest BCUT2D eigenvalue weighted by Crippen LogP contribution is 2.22. The van der Waals surface area contributed by atoms with Gasteiger partial charge in [-0.1, -0.05) is 25.7 Å². The van der Waals surface area contributed by atoms with Crippen molar-refractivity contribution < 1.29 is 19.4 Å². The van der Waals surface area contributed by atoms with Gasteiger partial charge in [-0.05, 0) is 32.6 Å². The van der Waals surface area contributed by atoms with Gasteiger partial charge in [-0.3, -0.25) is 9.59 Å². The second-order valence-corrected chi connectivity index (χ2v) is 6.35. The number of rotatable bonds is 4. The quantitative estimate of drug-likeness (QED) is 0.809. The Morgan fingerprint density at radius 3 is 2.38 bits per heavy atom. The number of likely N-dealkylation sites (tertiary alicyclic amines) is 1. The van der Waals surface area contributed by atoms with Crippen LogP contribution in [0, 0.1) is 5.92 Å². The van der Waals surface area contributed by atoms with E-state index < -0.39 is 18.0 Å². The van der Waals surface area contributed by atoms with E-state index in [9.17, 15) is 9.59 Å². The Labute approximate surface area is 126 Å². The lowest BCUT2D eigenvalue weighted by Crippen LogP contribution is -2.47. The Hall–Kier alpha value is -1.10. The molecule has 0 bridgehead atoms. The average Bonchev–Trinajstić information content (AvgIpc) is 2.75. The van der Waals surface area contributed by atoms with E-state index >= 15 is 0 Å². The van der Waals surface area contributed by atoms with Gasteiger partial charge >= 0.3 is 5.97 Å². The first-order valence-electron chi connectivity index (χ1n) is 8.25. The monoisotopic (exact) mass is 297 g/mol. The van der Waals surface area contributed by atoms with Crippen molar-refractivity contribution >= 4 is 11.9 Å². The van der Waals surface area contributed by atoms with E-state index in [0.717, 1.165) is 19.3 Å². The topological polar surface area (TPSA) is 66.8 Å².